The Hall–Kier alpha value is -3.56. The predicted molar refractivity (Wildman–Crippen MR) is 153 cm³/mol. The molecule has 2 amide bonds. The molecule has 0 aromatic heterocycles. The maximum absolute atomic E-state index is 13.9. The average molecular weight is 572 g/mol. The molecule has 8 nitrogen and oxygen atoms in total. The summed E-state index contributed by atoms with van der Waals surface area (Å²) < 4.78 is 33.8. The number of anilines is 1. The van der Waals surface area contributed by atoms with Gasteiger partial charge in [-0.15, -0.1) is 0 Å². The number of ether oxygens (including phenoxy) is 1. The summed E-state index contributed by atoms with van der Waals surface area (Å²) in [6.45, 7) is 4.94. The summed E-state index contributed by atoms with van der Waals surface area (Å²) in [5, 5.41) is 3.35. The Morgan fingerprint density at radius 1 is 0.949 bits per heavy atom. The zero-order valence-electron chi connectivity index (χ0n) is 22.5. The normalized spacial score (nSPS) is 12.7. The van der Waals surface area contributed by atoms with Crippen molar-refractivity contribution in [1.82, 2.24) is 10.2 Å². The van der Waals surface area contributed by atoms with Crippen molar-refractivity contribution in [1.29, 1.82) is 0 Å². The van der Waals surface area contributed by atoms with Gasteiger partial charge in [0.2, 0.25) is 11.8 Å². The van der Waals surface area contributed by atoms with E-state index in [2.05, 4.69) is 5.32 Å². The van der Waals surface area contributed by atoms with Gasteiger partial charge in [0.05, 0.1) is 17.7 Å². The molecule has 0 heterocycles. The number of benzene rings is 3. The highest BCUT2D eigenvalue weighted by atomic mass is 35.5. The smallest absolute Gasteiger partial charge is 0.264 e. The minimum absolute atomic E-state index is 0.0233. The maximum atomic E-state index is 13.9. The number of rotatable bonds is 12. The monoisotopic (exact) mass is 571 g/mol. The van der Waals surface area contributed by atoms with Crippen LogP contribution >= 0.6 is 11.6 Å². The van der Waals surface area contributed by atoms with E-state index in [0.29, 0.717) is 16.3 Å². The molecule has 0 saturated carbocycles. The molecule has 3 aromatic carbocycles. The van der Waals surface area contributed by atoms with Crippen molar-refractivity contribution < 1.29 is 22.7 Å². The van der Waals surface area contributed by atoms with Gasteiger partial charge in [0.1, 0.15) is 18.3 Å². The Morgan fingerprint density at radius 2 is 1.56 bits per heavy atom. The molecule has 0 saturated heterocycles. The van der Waals surface area contributed by atoms with E-state index in [1.807, 2.05) is 13.8 Å². The molecular weight excluding hydrogens is 538 g/mol. The fourth-order valence-electron chi connectivity index (χ4n) is 3.86. The number of hydrogen-bond acceptors (Lipinski definition) is 5. The Balaban J connectivity index is 2.02. The minimum Gasteiger partial charge on any atom is -0.497 e. The first-order valence-corrected chi connectivity index (χ1v) is 14.4. The van der Waals surface area contributed by atoms with Gasteiger partial charge in [0.15, 0.2) is 0 Å². The molecule has 0 unspecified atom stereocenters. The third-order valence-electron chi connectivity index (χ3n) is 6.44. The van der Waals surface area contributed by atoms with Gasteiger partial charge in [-0.2, -0.15) is 0 Å². The van der Waals surface area contributed by atoms with Crippen LogP contribution in [0.5, 0.6) is 5.75 Å². The zero-order chi connectivity index (χ0) is 28.6. The van der Waals surface area contributed by atoms with Crippen LogP contribution in [0.25, 0.3) is 0 Å². The Bertz CT molecular complexity index is 1370. The van der Waals surface area contributed by atoms with Crippen LogP contribution < -0.4 is 14.4 Å². The van der Waals surface area contributed by atoms with E-state index in [1.165, 1.54) is 24.1 Å². The largest absolute Gasteiger partial charge is 0.497 e. The highest BCUT2D eigenvalue weighted by molar-refractivity contribution is 7.92. The molecule has 1 N–H and O–H groups in total. The van der Waals surface area contributed by atoms with E-state index in [0.717, 1.165) is 10.7 Å². The lowest BCUT2D eigenvalue weighted by Gasteiger charge is -2.32. The molecule has 3 rings (SSSR count). The van der Waals surface area contributed by atoms with Crippen molar-refractivity contribution in [2.24, 2.45) is 0 Å². The number of nitrogens with one attached hydrogen (secondary N) is 1. The zero-order valence-corrected chi connectivity index (χ0v) is 24.1. The number of halogens is 1. The second kappa shape index (κ2) is 13.5. The highest BCUT2D eigenvalue weighted by Gasteiger charge is 2.33. The van der Waals surface area contributed by atoms with E-state index in [-0.39, 0.29) is 29.1 Å². The van der Waals surface area contributed by atoms with Crippen LogP contribution in [0.15, 0.2) is 83.8 Å². The summed E-state index contributed by atoms with van der Waals surface area (Å²) in [6.07, 6.45) is 0.720. The van der Waals surface area contributed by atoms with Gasteiger partial charge in [-0.05, 0) is 68.3 Å². The third-order valence-corrected chi connectivity index (χ3v) is 8.59. The summed E-state index contributed by atoms with van der Waals surface area (Å²) in [4.78, 5) is 28.4. The van der Waals surface area contributed by atoms with E-state index in [9.17, 15) is 18.0 Å². The molecule has 0 aliphatic rings. The summed E-state index contributed by atoms with van der Waals surface area (Å²) in [5.41, 5.74) is 0.917. The van der Waals surface area contributed by atoms with Gasteiger partial charge in [-0.3, -0.25) is 13.9 Å². The Kier molecular flexibility index (Phi) is 10.4. The predicted octanol–water partition coefficient (Wildman–Crippen LogP) is 4.88. The molecule has 0 aliphatic carbocycles. The van der Waals surface area contributed by atoms with Gasteiger partial charge >= 0.3 is 0 Å². The molecule has 0 bridgehead atoms. The molecule has 39 heavy (non-hydrogen) atoms. The van der Waals surface area contributed by atoms with Crippen molar-refractivity contribution in [3.8, 4) is 5.75 Å². The summed E-state index contributed by atoms with van der Waals surface area (Å²) in [5.74, 6) is -0.360. The lowest BCUT2D eigenvalue weighted by Crippen LogP contribution is -2.52. The van der Waals surface area contributed by atoms with Crippen molar-refractivity contribution in [2.45, 2.75) is 50.7 Å². The number of methoxy groups -OCH3 is 1. The maximum Gasteiger partial charge on any atom is 0.264 e. The first-order valence-electron chi connectivity index (χ1n) is 12.6. The first-order chi connectivity index (χ1) is 18.6. The van der Waals surface area contributed by atoms with E-state index < -0.39 is 28.5 Å². The van der Waals surface area contributed by atoms with Crippen LogP contribution in [0, 0.1) is 0 Å². The van der Waals surface area contributed by atoms with Crippen molar-refractivity contribution >= 4 is 39.1 Å². The molecule has 3 aromatic rings. The van der Waals surface area contributed by atoms with Crippen LogP contribution in [-0.2, 0) is 26.2 Å². The van der Waals surface area contributed by atoms with Crippen LogP contribution in [0.2, 0.25) is 5.02 Å². The lowest BCUT2D eigenvalue weighted by atomic mass is 10.1. The third kappa shape index (κ3) is 7.52. The van der Waals surface area contributed by atoms with Gasteiger partial charge in [0, 0.05) is 17.6 Å². The van der Waals surface area contributed by atoms with Crippen LogP contribution in [0.3, 0.4) is 0 Å². The molecular formula is C29H34ClN3O5S. The quantitative estimate of drug-likeness (QED) is 0.334. The number of nitrogens with zero attached hydrogens (tertiary/aromatic N) is 2. The minimum atomic E-state index is -4.13. The van der Waals surface area contributed by atoms with Crippen LogP contribution in [0.1, 0.15) is 32.8 Å². The van der Waals surface area contributed by atoms with Gasteiger partial charge < -0.3 is 15.0 Å². The molecule has 0 spiro atoms. The molecule has 0 radical (unpaired) electrons. The fraction of sp³-hybridized carbons (Fsp3) is 0.310. The number of hydrogen-bond donors (Lipinski definition) is 1. The standard InChI is InChI=1S/C29H34ClN3O5S/c1-5-21(2)31-29(35)22(3)32(19-23-11-9-10-14-27(23)30)28(34)20-33(24-15-17-25(38-4)18-16-24)39(36,37)26-12-7-6-8-13-26/h6-18,21-22H,5,19-20H2,1-4H3,(H,31,35)/t21-,22+/m0/s1. The average Bonchev–Trinajstić information content (AvgIpc) is 2.95. The Labute approximate surface area is 235 Å². The first kappa shape index (κ1) is 30.0. The van der Waals surface area contributed by atoms with Crippen molar-refractivity contribution in [2.75, 3.05) is 18.0 Å². The molecule has 10 heteroatoms. The fourth-order valence-corrected chi connectivity index (χ4v) is 5.49. The molecule has 208 valence electrons. The molecule has 2 atom stereocenters. The second-order valence-corrected chi connectivity index (χ2v) is 11.4. The van der Waals surface area contributed by atoms with Gasteiger partial charge in [-0.25, -0.2) is 8.42 Å². The molecule has 0 fully saturated rings. The highest BCUT2D eigenvalue weighted by Crippen LogP contribution is 2.27. The van der Waals surface area contributed by atoms with Crippen molar-refractivity contribution in [3.63, 3.8) is 0 Å². The second-order valence-electron chi connectivity index (χ2n) is 9.13. The van der Waals surface area contributed by atoms with Crippen LogP contribution in [0.4, 0.5) is 5.69 Å². The van der Waals surface area contributed by atoms with E-state index in [4.69, 9.17) is 16.3 Å². The summed E-state index contributed by atoms with van der Waals surface area (Å²) >= 11 is 6.39. The van der Waals surface area contributed by atoms with Gasteiger partial charge in [0.25, 0.3) is 10.0 Å². The lowest BCUT2D eigenvalue weighted by molar-refractivity contribution is -0.139. The number of carbonyl (C=O) groups is 2. The Morgan fingerprint density at radius 3 is 2.15 bits per heavy atom. The summed E-state index contributed by atoms with van der Waals surface area (Å²) in [7, 11) is -2.62. The van der Waals surface area contributed by atoms with Crippen molar-refractivity contribution in [3.05, 3.63) is 89.4 Å². The SMILES string of the molecule is CC[C@H](C)NC(=O)[C@@H](C)N(Cc1ccccc1Cl)C(=O)CN(c1ccc(OC)cc1)S(=O)(=O)c1ccccc1. The molecule has 0 aliphatic heterocycles. The number of sulfonamides is 1. The van der Waals surface area contributed by atoms with Gasteiger partial charge in [-0.1, -0.05) is 54.9 Å². The topological polar surface area (TPSA) is 96.0 Å². The number of amides is 2. The van der Waals surface area contributed by atoms with E-state index in [1.54, 1.807) is 73.7 Å². The summed E-state index contributed by atoms with van der Waals surface area (Å²) in [6, 6.07) is 20.3. The number of carbonyl (C=O) groups excluding carboxylic acids is 2. The van der Waals surface area contributed by atoms with Crippen LogP contribution in [-0.4, -0.2) is 50.9 Å². The van der Waals surface area contributed by atoms with E-state index >= 15 is 0 Å².